The number of anilines is 1. The molecule has 0 bridgehead atoms. The SMILES string of the molecule is CCSCCc1cc(OC(F)(F)F)cc2sc(N)nc12. The van der Waals surface area contributed by atoms with E-state index in [9.17, 15) is 13.2 Å². The Balaban J connectivity index is 2.35. The molecule has 3 nitrogen and oxygen atoms in total. The molecule has 1 aromatic carbocycles. The average molecular weight is 322 g/mol. The van der Waals surface area contributed by atoms with E-state index in [2.05, 4.69) is 9.72 Å². The molecule has 0 saturated carbocycles. The fourth-order valence-electron chi connectivity index (χ4n) is 1.80. The minimum atomic E-state index is -4.70. The summed E-state index contributed by atoms with van der Waals surface area (Å²) in [5.74, 6) is 1.56. The number of thioether (sulfide) groups is 1. The highest BCUT2D eigenvalue weighted by molar-refractivity contribution is 7.99. The fraction of sp³-hybridized carbons (Fsp3) is 0.417. The summed E-state index contributed by atoms with van der Waals surface area (Å²) in [7, 11) is 0. The number of nitrogens with zero attached hydrogens (tertiary/aromatic N) is 1. The highest BCUT2D eigenvalue weighted by Gasteiger charge is 2.31. The smallest absolute Gasteiger partial charge is 0.406 e. The van der Waals surface area contributed by atoms with Crippen LogP contribution in [0.25, 0.3) is 10.2 Å². The third-order valence-corrected chi connectivity index (χ3v) is 4.25. The summed E-state index contributed by atoms with van der Waals surface area (Å²) in [5.41, 5.74) is 7.03. The van der Waals surface area contributed by atoms with E-state index in [0.717, 1.165) is 28.4 Å². The first-order valence-corrected chi connectivity index (χ1v) is 7.88. The van der Waals surface area contributed by atoms with E-state index in [0.29, 0.717) is 21.8 Å². The lowest BCUT2D eigenvalue weighted by atomic mass is 10.1. The zero-order valence-electron chi connectivity index (χ0n) is 10.7. The lowest BCUT2D eigenvalue weighted by Crippen LogP contribution is -2.17. The molecule has 1 heterocycles. The molecule has 0 fully saturated rings. The van der Waals surface area contributed by atoms with Gasteiger partial charge in [0.1, 0.15) is 5.75 Å². The van der Waals surface area contributed by atoms with Crippen LogP contribution in [0, 0.1) is 0 Å². The van der Waals surface area contributed by atoms with Crippen molar-refractivity contribution in [2.24, 2.45) is 0 Å². The van der Waals surface area contributed by atoms with Crippen molar-refractivity contribution in [3.05, 3.63) is 17.7 Å². The number of rotatable bonds is 5. The van der Waals surface area contributed by atoms with Crippen molar-refractivity contribution in [3.63, 3.8) is 0 Å². The molecule has 0 amide bonds. The Bertz CT molecular complexity index is 598. The molecule has 2 rings (SSSR count). The second kappa shape index (κ2) is 6.09. The molecular formula is C12H13F3N2OS2. The lowest BCUT2D eigenvalue weighted by Gasteiger charge is -2.10. The average Bonchev–Trinajstić information content (AvgIpc) is 2.67. The van der Waals surface area contributed by atoms with Crippen LogP contribution in [0.1, 0.15) is 12.5 Å². The van der Waals surface area contributed by atoms with E-state index in [-0.39, 0.29) is 5.75 Å². The molecule has 0 aliphatic rings. The van der Waals surface area contributed by atoms with Crippen molar-refractivity contribution in [3.8, 4) is 5.75 Å². The van der Waals surface area contributed by atoms with Crippen molar-refractivity contribution in [2.75, 3.05) is 17.2 Å². The first-order chi connectivity index (χ1) is 9.39. The third-order valence-electron chi connectivity index (χ3n) is 2.52. The number of ether oxygens (including phenoxy) is 1. The monoisotopic (exact) mass is 322 g/mol. The van der Waals surface area contributed by atoms with E-state index in [1.54, 1.807) is 11.8 Å². The van der Waals surface area contributed by atoms with E-state index in [4.69, 9.17) is 5.73 Å². The minimum Gasteiger partial charge on any atom is -0.406 e. The maximum atomic E-state index is 12.3. The number of hydrogen-bond acceptors (Lipinski definition) is 5. The molecule has 20 heavy (non-hydrogen) atoms. The molecule has 2 aromatic rings. The van der Waals surface area contributed by atoms with Gasteiger partial charge in [0.2, 0.25) is 0 Å². The molecule has 110 valence electrons. The maximum Gasteiger partial charge on any atom is 0.573 e. The Hall–Kier alpha value is -1.15. The molecular weight excluding hydrogens is 309 g/mol. The van der Waals surface area contributed by atoms with Crippen molar-refractivity contribution in [1.82, 2.24) is 4.98 Å². The number of halogens is 3. The van der Waals surface area contributed by atoms with Crippen LogP contribution in [0.3, 0.4) is 0 Å². The molecule has 0 saturated heterocycles. The summed E-state index contributed by atoms with van der Waals surface area (Å²) in [4.78, 5) is 4.18. The predicted octanol–water partition coefficient (Wildman–Crippen LogP) is 4.07. The van der Waals surface area contributed by atoms with Crippen LogP contribution in [-0.4, -0.2) is 22.9 Å². The number of aromatic nitrogens is 1. The van der Waals surface area contributed by atoms with Gasteiger partial charge in [-0.2, -0.15) is 11.8 Å². The molecule has 0 radical (unpaired) electrons. The van der Waals surface area contributed by atoms with Crippen molar-refractivity contribution in [1.29, 1.82) is 0 Å². The van der Waals surface area contributed by atoms with Gasteiger partial charge < -0.3 is 10.5 Å². The van der Waals surface area contributed by atoms with Gasteiger partial charge in [-0.05, 0) is 29.6 Å². The normalized spacial score (nSPS) is 12.0. The Labute approximate surface area is 122 Å². The topological polar surface area (TPSA) is 48.1 Å². The van der Waals surface area contributed by atoms with Gasteiger partial charge in [0.25, 0.3) is 0 Å². The van der Waals surface area contributed by atoms with Gasteiger partial charge >= 0.3 is 6.36 Å². The number of alkyl halides is 3. The highest BCUT2D eigenvalue weighted by atomic mass is 32.2. The Kier molecular flexibility index (Phi) is 4.64. The highest BCUT2D eigenvalue weighted by Crippen LogP contribution is 2.33. The van der Waals surface area contributed by atoms with Gasteiger partial charge in [-0.3, -0.25) is 0 Å². The summed E-state index contributed by atoms with van der Waals surface area (Å²) in [6, 6.07) is 2.72. The van der Waals surface area contributed by atoms with Crippen molar-refractivity contribution < 1.29 is 17.9 Å². The number of thiazole rings is 1. The number of hydrogen-bond donors (Lipinski definition) is 1. The summed E-state index contributed by atoms with van der Waals surface area (Å²) < 4.78 is 41.6. The molecule has 0 aliphatic heterocycles. The Morgan fingerprint density at radius 3 is 2.80 bits per heavy atom. The molecule has 0 spiro atoms. The first kappa shape index (κ1) is 15.2. The van der Waals surface area contributed by atoms with Crippen LogP contribution in [0.15, 0.2) is 12.1 Å². The van der Waals surface area contributed by atoms with Crippen LogP contribution in [0.2, 0.25) is 0 Å². The lowest BCUT2D eigenvalue weighted by molar-refractivity contribution is -0.274. The van der Waals surface area contributed by atoms with Crippen molar-refractivity contribution >= 4 is 38.4 Å². The zero-order valence-corrected chi connectivity index (χ0v) is 12.3. The summed E-state index contributed by atoms with van der Waals surface area (Å²) >= 11 is 2.88. The number of fused-ring (bicyclic) bond motifs is 1. The Morgan fingerprint density at radius 2 is 2.15 bits per heavy atom. The van der Waals surface area contributed by atoms with E-state index in [1.807, 2.05) is 6.92 Å². The van der Waals surface area contributed by atoms with Gasteiger partial charge in [0.05, 0.1) is 10.2 Å². The molecule has 0 atom stereocenters. The first-order valence-electron chi connectivity index (χ1n) is 5.91. The quantitative estimate of drug-likeness (QED) is 0.843. The summed E-state index contributed by atoms with van der Waals surface area (Å²) in [5, 5.41) is 0.341. The number of aryl methyl sites for hydroxylation is 1. The van der Waals surface area contributed by atoms with Crippen LogP contribution in [-0.2, 0) is 6.42 Å². The minimum absolute atomic E-state index is 0.217. The van der Waals surface area contributed by atoms with Crippen LogP contribution >= 0.6 is 23.1 Å². The van der Waals surface area contributed by atoms with Crippen LogP contribution in [0.5, 0.6) is 5.75 Å². The van der Waals surface area contributed by atoms with Crippen LogP contribution in [0.4, 0.5) is 18.3 Å². The van der Waals surface area contributed by atoms with Gasteiger partial charge in [0, 0.05) is 6.07 Å². The molecule has 0 aliphatic carbocycles. The van der Waals surface area contributed by atoms with E-state index >= 15 is 0 Å². The molecule has 2 N–H and O–H groups in total. The standard InChI is InChI=1S/C12H13F3N2OS2/c1-2-19-4-3-7-5-8(18-12(13,14)15)6-9-10(7)17-11(16)20-9/h5-6H,2-4H2,1H3,(H2,16,17). The van der Waals surface area contributed by atoms with Gasteiger partial charge in [-0.1, -0.05) is 18.3 Å². The van der Waals surface area contributed by atoms with Gasteiger partial charge in [-0.15, -0.1) is 13.2 Å². The van der Waals surface area contributed by atoms with Crippen molar-refractivity contribution in [2.45, 2.75) is 19.7 Å². The Morgan fingerprint density at radius 1 is 1.40 bits per heavy atom. The molecule has 1 aromatic heterocycles. The third kappa shape index (κ3) is 3.92. The zero-order chi connectivity index (χ0) is 14.8. The summed E-state index contributed by atoms with van der Waals surface area (Å²) in [6.45, 7) is 2.03. The van der Waals surface area contributed by atoms with Gasteiger partial charge in [0.15, 0.2) is 5.13 Å². The maximum absolute atomic E-state index is 12.3. The number of benzene rings is 1. The predicted molar refractivity (Wildman–Crippen MR) is 77.4 cm³/mol. The summed E-state index contributed by atoms with van der Waals surface area (Å²) in [6.07, 6.45) is -4.06. The second-order valence-electron chi connectivity index (χ2n) is 3.98. The molecule has 0 unspecified atom stereocenters. The van der Waals surface area contributed by atoms with E-state index < -0.39 is 6.36 Å². The van der Waals surface area contributed by atoms with Crippen LogP contribution < -0.4 is 10.5 Å². The largest absolute Gasteiger partial charge is 0.573 e. The van der Waals surface area contributed by atoms with Gasteiger partial charge in [-0.25, -0.2) is 4.98 Å². The van der Waals surface area contributed by atoms with E-state index in [1.165, 1.54) is 12.1 Å². The fourth-order valence-corrected chi connectivity index (χ4v) is 3.26. The second-order valence-corrected chi connectivity index (χ2v) is 6.43. The number of nitrogens with two attached hydrogens (primary N) is 1. The number of nitrogen functional groups attached to an aromatic ring is 1. The molecule has 8 heteroatoms.